The highest BCUT2D eigenvalue weighted by molar-refractivity contribution is 9.10. The van der Waals surface area contributed by atoms with Gasteiger partial charge in [0.25, 0.3) is 0 Å². The van der Waals surface area contributed by atoms with E-state index in [1.807, 2.05) is 87.5 Å². The first-order chi connectivity index (χ1) is 15.9. The normalized spacial score (nSPS) is 10.7. The molecule has 0 fully saturated rings. The molecule has 0 bridgehead atoms. The molecule has 5 nitrogen and oxygen atoms in total. The molecule has 0 saturated carbocycles. The molecule has 0 saturated heterocycles. The summed E-state index contributed by atoms with van der Waals surface area (Å²) < 4.78 is 12.8. The van der Waals surface area contributed by atoms with Gasteiger partial charge in [-0.1, -0.05) is 66.2 Å². The molecule has 0 aliphatic heterocycles. The van der Waals surface area contributed by atoms with E-state index in [-0.39, 0.29) is 5.91 Å². The number of carbonyl (C=O) groups excluding carboxylic acids is 1. The molecule has 3 aromatic rings. The van der Waals surface area contributed by atoms with Crippen molar-refractivity contribution in [3.05, 3.63) is 82.3 Å². The van der Waals surface area contributed by atoms with Crippen LogP contribution in [0.3, 0.4) is 0 Å². The minimum absolute atomic E-state index is 0.0253. The van der Waals surface area contributed by atoms with Gasteiger partial charge >= 0.3 is 0 Å². The van der Waals surface area contributed by atoms with Crippen LogP contribution in [0, 0.1) is 5.92 Å². The van der Waals surface area contributed by atoms with Crippen molar-refractivity contribution in [2.24, 2.45) is 5.92 Å². The minimum Gasteiger partial charge on any atom is -0.490 e. The summed E-state index contributed by atoms with van der Waals surface area (Å²) in [7, 11) is 0. The Balaban J connectivity index is 1.67. The highest BCUT2D eigenvalue weighted by Gasteiger charge is 2.12. The monoisotopic (exact) mass is 510 g/mol. The lowest BCUT2D eigenvalue weighted by molar-refractivity contribution is -0.116. The fourth-order valence-corrected chi connectivity index (χ4v) is 3.78. The fourth-order valence-electron chi connectivity index (χ4n) is 3.32. The lowest BCUT2D eigenvalue weighted by Gasteiger charge is -2.16. The number of hydrogen-bond donors (Lipinski definition) is 2. The molecule has 3 rings (SSSR count). The standard InChI is InChI=1S/C27H31BrN2O3/c1-4-32-25-14-21(24(28)16-26(25)33-18-20-9-6-5-7-10-20)17-29-22-11-8-12-23(15-22)30-27(31)13-19(2)3/h5-12,14-16,19,29H,4,13,17-18H2,1-3H3,(H,30,31). The number of rotatable bonds is 11. The second-order valence-corrected chi connectivity index (χ2v) is 9.03. The second-order valence-electron chi connectivity index (χ2n) is 8.18. The van der Waals surface area contributed by atoms with Crippen molar-refractivity contribution < 1.29 is 14.3 Å². The highest BCUT2D eigenvalue weighted by Crippen LogP contribution is 2.35. The summed E-state index contributed by atoms with van der Waals surface area (Å²) in [6, 6.07) is 21.7. The third-order valence-corrected chi connectivity index (χ3v) is 5.61. The number of nitrogens with one attached hydrogen (secondary N) is 2. The minimum atomic E-state index is 0.0253. The van der Waals surface area contributed by atoms with Crippen molar-refractivity contribution in [3.63, 3.8) is 0 Å². The first-order valence-electron chi connectivity index (χ1n) is 11.2. The smallest absolute Gasteiger partial charge is 0.224 e. The molecule has 0 atom stereocenters. The van der Waals surface area contributed by atoms with Gasteiger partial charge in [0.2, 0.25) is 5.91 Å². The van der Waals surface area contributed by atoms with E-state index in [1.54, 1.807) is 0 Å². The van der Waals surface area contributed by atoms with E-state index in [9.17, 15) is 4.79 Å². The topological polar surface area (TPSA) is 59.6 Å². The van der Waals surface area contributed by atoms with Crippen molar-refractivity contribution in [1.29, 1.82) is 0 Å². The van der Waals surface area contributed by atoms with E-state index in [1.165, 1.54) is 0 Å². The van der Waals surface area contributed by atoms with E-state index in [4.69, 9.17) is 9.47 Å². The Morgan fingerprint density at radius 3 is 2.39 bits per heavy atom. The fraction of sp³-hybridized carbons (Fsp3) is 0.296. The van der Waals surface area contributed by atoms with Crippen LogP contribution in [0.15, 0.2) is 71.2 Å². The maximum absolute atomic E-state index is 12.1. The van der Waals surface area contributed by atoms with Crippen LogP contribution in [0.25, 0.3) is 0 Å². The van der Waals surface area contributed by atoms with Crippen molar-refractivity contribution in [2.75, 3.05) is 17.2 Å². The maximum atomic E-state index is 12.1. The van der Waals surface area contributed by atoms with E-state index in [2.05, 4.69) is 26.6 Å². The summed E-state index contributed by atoms with van der Waals surface area (Å²) in [5.74, 6) is 1.76. The Morgan fingerprint density at radius 1 is 0.939 bits per heavy atom. The zero-order chi connectivity index (χ0) is 23.6. The van der Waals surface area contributed by atoms with Crippen molar-refractivity contribution in [3.8, 4) is 11.5 Å². The molecule has 2 N–H and O–H groups in total. The van der Waals surface area contributed by atoms with Gasteiger partial charge < -0.3 is 20.1 Å². The van der Waals surface area contributed by atoms with Crippen LogP contribution >= 0.6 is 15.9 Å². The third-order valence-electron chi connectivity index (χ3n) is 4.87. The molecule has 0 aliphatic carbocycles. The summed E-state index contributed by atoms with van der Waals surface area (Å²) >= 11 is 3.67. The van der Waals surface area contributed by atoms with Crippen LogP contribution in [0.5, 0.6) is 11.5 Å². The SMILES string of the molecule is CCOc1cc(CNc2cccc(NC(=O)CC(C)C)c2)c(Br)cc1OCc1ccccc1. The average Bonchev–Trinajstić information content (AvgIpc) is 2.78. The number of amides is 1. The summed E-state index contributed by atoms with van der Waals surface area (Å²) in [5.41, 5.74) is 3.85. The summed E-state index contributed by atoms with van der Waals surface area (Å²) in [6.45, 7) is 7.63. The molecule has 0 spiro atoms. The van der Waals surface area contributed by atoms with Gasteiger partial charge in [-0.2, -0.15) is 0 Å². The van der Waals surface area contributed by atoms with Crippen LogP contribution in [0.4, 0.5) is 11.4 Å². The molecule has 174 valence electrons. The number of anilines is 2. The van der Waals surface area contributed by atoms with Gasteiger partial charge in [-0.3, -0.25) is 4.79 Å². The molecule has 0 unspecified atom stereocenters. The summed E-state index contributed by atoms with van der Waals surface area (Å²) in [6.07, 6.45) is 0.503. The Morgan fingerprint density at radius 2 is 1.67 bits per heavy atom. The zero-order valence-corrected chi connectivity index (χ0v) is 20.9. The Hall–Kier alpha value is -2.99. The predicted octanol–water partition coefficient (Wildman–Crippen LogP) is 7.02. The first-order valence-corrected chi connectivity index (χ1v) is 12.0. The van der Waals surface area contributed by atoms with E-state index >= 15 is 0 Å². The van der Waals surface area contributed by atoms with Gasteiger partial charge in [-0.25, -0.2) is 0 Å². The molecule has 0 aliphatic rings. The number of benzene rings is 3. The molecule has 1 amide bonds. The molecule has 0 radical (unpaired) electrons. The van der Waals surface area contributed by atoms with Gasteiger partial charge in [0.05, 0.1) is 6.61 Å². The lowest BCUT2D eigenvalue weighted by Crippen LogP contribution is -2.14. The molecule has 3 aromatic carbocycles. The van der Waals surface area contributed by atoms with Crippen molar-refractivity contribution >= 4 is 33.2 Å². The van der Waals surface area contributed by atoms with Gasteiger partial charge in [-0.15, -0.1) is 0 Å². The molecule has 0 heterocycles. The molecular weight excluding hydrogens is 480 g/mol. The Bertz CT molecular complexity index is 1050. The molecular formula is C27H31BrN2O3. The molecule has 0 aromatic heterocycles. The number of carbonyl (C=O) groups is 1. The maximum Gasteiger partial charge on any atom is 0.224 e. The number of hydrogen-bond acceptors (Lipinski definition) is 4. The van der Waals surface area contributed by atoms with Crippen LogP contribution < -0.4 is 20.1 Å². The Kier molecular flexibility index (Phi) is 9.19. The Labute approximate surface area is 204 Å². The van der Waals surface area contributed by atoms with Gasteiger partial charge in [-0.05, 0) is 54.3 Å². The molecule has 33 heavy (non-hydrogen) atoms. The van der Waals surface area contributed by atoms with Crippen LogP contribution in [0.1, 0.15) is 38.3 Å². The van der Waals surface area contributed by atoms with Crippen molar-refractivity contribution in [1.82, 2.24) is 0 Å². The van der Waals surface area contributed by atoms with E-state index < -0.39 is 0 Å². The van der Waals surface area contributed by atoms with Crippen LogP contribution in [-0.4, -0.2) is 12.5 Å². The summed E-state index contributed by atoms with van der Waals surface area (Å²) in [4.78, 5) is 12.1. The second kappa shape index (κ2) is 12.3. The summed E-state index contributed by atoms with van der Waals surface area (Å²) in [5, 5.41) is 6.38. The third kappa shape index (κ3) is 7.82. The largest absolute Gasteiger partial charge is 0.490 e. The van der Waals surface area contributed by atoms with E-state index in [0.29, 0.717) is 43.6 Å². The van der Waals surface area contributed by atoms with Gasteiger partial charge in [0.1, 0.15) is 6.61 Å². The average molecular weight is 511 g/mol. The van der Waals surface area contributed by atoms with Gasteiger partial charge in [0.15, 0.2) is 11.5 Å². The lowest BCUT2D eigenvalue weighted by atomic mass is 10.1. The highest BCUT2D eigenvalue weighted by atomic mass is 79.9. The number of ether oxygens (including phenoxy) is 2. The first kappa shape index (κ1) is 24.6. The van der Waals surface area contributed by atoms with Gasteiger partial charge in [0, 0.05) is 28.8 Å². The number of halogens is 1. The van der Waals surface area contributed by atoms with E-state index in [0.717, 1.165) is 27.0 Å². The predicted molar refractivity (Wildman–Crippen MR) is 138 cm³/mol. The quantitative estimate of drug-likeness (QED) is 0.290. The zero-order valence-electron chi connectivity index (χ0n) is 19.4. The van der Waals surface area contributed by atoms with Crippen LogP contribution in [-0.2, 0) is 17.9 Å². The molecule has 6 heteroatoms. The van der Waals surface area contributed by atoms with Crippen molar-refractivity contribution in [2.45, 2.75) is 40.3 Å². The van der Waals surface area contributed by atoms with Crippen LogP contribution in [0.2, 0.25) is 0 Å².